The highest BCUT2D eigenvalue weighted by Crippen LogP contribution is 2.35. The summed E-state index contributed by atoms with van der Waals surface area (Å²) in [7, 11) is 0. The number of nitrogens with zero attached hydrogens (tertiary/aromatic N) is 4. The van der Waals surface area contributed by atoms with Crippen LogP contribution in [-0.4, -0.2) is 19.9 Å². The normalized spacial score (nSPS) is 15.8. The Kier molecular flexibility index (Phi) is 4.24. The molecule has 2 aromatic heterocycles. The van der Waals surface area contributed by atoms with E-state index in [1.165, 1.54) is 4.68 Å². The van der Waals surface area contributed by atoms with Gasteiger partial charge in [0.15, 0.2) is 11.5 Å². The van der Waals surface area contributed by atoms with Crippen LogP contribution in [0.3, 0.4) is 0 Å². The van der Waals surface area contributed by atoms with Crippen molar-refractivity contribution in [3.8, 4) is 11.6 Å². The Morgan fingerprint density at radius 3 is 2.45 bits per heavy atom. The first-order valence-corrected chi connectivity index (χ1v) is 9.81. The first kappa shape index (κ1) is 17.8. The summed E-state index contributed by atoms with van der Waals surface area (Å²) >= 11 is 0. The third-order valence-electron chi connectivity index (χ3n) is 5.61. The molecule has 0 radical (unpaired) electrons. The van der Waals surface area contributed by atoms with E-state index in [0.717, 1.165) is 31.2 Å². The van der Waals surface area contributed by atoms with Gasteiger partial charge in [-0.25, -0.2) is 4.68 Å². The van der Waals surface area contributed by atoms with Gasteiger partial charge in [0.1, 0.15) is 0 Å². The topological polar surface area (TPSA) is 99.8 Å². The van der Waals surface area contributed by atoms with Crippen molar-refractivity contribution in [3.05, 3.63) is 76.3 Å². The molecule has 0 saturated heterocycles. The fraction of sp³-hybridized carbons (Fsp3) is 0.273. The monoisotopic (exact) mass is 387 g/mol. The highest BCUT2D eigenvalue weighted by atomic mass is 16.5. The highest BCUT2D eigenvalue weighted by Gasteiger charge is 2.36. The number of hydrogen-bond donors (Lipinski definition) is 1. The summed E-state index contributed by atoms with van der Waals surface area (Å²) in [4.78, 5) is 17.6. The molecule has 0 bridgehead atoms. The Morgan fingerprint density at radius 2 is 1.69 bits per heavy atom. The van der Waals surface area contributed by atoms with Crippen LogP contribution in [0.5, 0.6) is 0 Å². The molecule has 2 N–H and O–H groups in total. The molecule has 0 spiro atoms. The lowest BCUT2D eigenvalue weighted by Crippen LogP contribution is -2.34. The molecular weight excluding hydrogens is 366 g/mol. The van der Waals surface area contributed by atoms with E-state index in [0.29, 0.717) is 28.8 Å². The summed E-state index contributed by atoms with van der Waals surface area (Å²) in [5.41, 5.74) is 7.26. The minimum Gasteiger partial charge on any atom is -0.332 e. The second kappa shape index (κ2) is 6.93. The van der Waals surface area contributed by atoms with Crippen LogP contribution in [0, 0.1) is 0 Å². The van der Waals surface area contributed by atoms with Gasteiger partial charge >= 0.3 is 0 Å². The van der Waals surface area contributed by atoms with Crippen molar-refractivity contribution < 1.29 is 4.52 Å². The number of fused-ring (bicyclic) bond motifs is 1. The SMILES string of the molecule is NC1(c2noc(-c3nn(Cc4ccccc4)c(=O)c4ccccc34)n2)CCCC1. The lowest BCUT2D eigenvalue weighted by Gasteiger charge is -2.17. The average Bonchev–Trinajstić information content (AvgIpc) is 3.41. The molecule has 2 aromatic carbocycles. The summed E-state index contributed by atoms with van der Waals surface area (Å²) in [6.07, 6.45) is 3.80. The van der Waals surface area contributed by atoms with E-state index in [4.69, 9.17) is 10.3 Å². The van der Waals surface area contributed by atoms with Gasteiger partial charge in [-0.3, -0.25) is 4.79 Å². The predicted molar refractivity (Wildman–Crippen MR) is 109 cm³/mol. The van der Waals surface area contributed by atoms with Crippen LogP contribution < -0.4 is 11.3 Å². The van der Waals surface area contributed by atoms with Crippen molar-refractivity contribution in [2.75, 3.05) is 0 Å². The van der Waals surface area contributed by atoms with E-state index in [1.54, 1.807) is 6.07 Å². The Morgan fingerprint density at radius 1 is 1.00 bits per heavy atom. The molecule has 1 fully saturated rings. The van der Waals surface area contributed by atoms with Gasteiger partial charge in [-0.2, -0.15) is 10.1 Å². The number of aromatic nitrogens is 4. The summed E-state index contributed by atoms with van der Waals surface area (Å²) in [5.74, 6) is 0.798. The quantitative estimate of drug-likeness (QED) is 0.577. The van der Waals surface area contributed by atoms with Gasteiger partial charge in [-0.15, -0.1) is 0 Å². The van der Waals surface area contributed by atoms with Gasteiger partial charge in [-0.1, -0.05) is 66.5 Å². The smallest absolute Gasteiger partial charge is 0.279 e. The van der Waals surface area contributed by atoms with E-state index in [9.17, 15) is 4.79 Å². The van der Waals surface area contributed by atoms with Crippen LogP contribution >= 0.6 is 0 Å². The van der Waals surface area contributed by atoms with Gasteiger partial charge in [-0.05, 0) is 24.5 Å². The predicted octanol–water partition coefficient (Wildman–Crippen LogP) is 3.22. The molecule has 7 heteroatoms. The van der Waals surface area contributed by atoms with Gasteiger partial charge in [0.25, 0.3) is 11.4 Å². The van der Waals surface area contributed by atoms with Gasteiger partial charge in [0.2, 0.25) is 0 Å². The molecule has 0 amide bonds. The van der Waals surface area contributed by atoms with Crippen LogP contribution in [0.1, 0.15) is 37.1 Å². The minimum atomic E-state index is -0.546. The maximum atomic E-state index is 13.0. The Bertz CT molecular complexity index is 1220. The summed E-state index contributed by atoms with van der Waals surface area (Å²) in [5, 5.41) is 10.0. The Labute approximate surface area is 167 Å². The Balaban J connectivity index is 1.64. The third kappa shape index (κ3) is 3.13. The zero-order chi connectivity index (χ0) is 19.8. The van der Waals surface area contributed by atoms with Gasteiger partial charge in [0, 0.05) is 5.39 Å². The lowest BCUT2D eigenvalue weighted by atomic mass is 9.99. The molecule has 0 aliphatic heterocycles. The summed E-state index contributed by atoms with van der Waals surface area (Å²) in [6.45, 7) is 0.360. The van der Waals surface area contributed by atoms with Crippen LogP contribution in [0.15, 0.2) is 63.9 Å². The summed E-state index contributed by atoms with van der Waals surface area (Å²) in [6, 6.07) is 17.1. The van der Waals surface area contributed by atoms with Crippen molar-refractivity contribution in [2.24, 2.45) is 5.73 Å². The van der Waals surface area contributed by atoms with Crippen molar-refractivity contribution in [1.29, 1.82) is 0 Å². The van der Waals surface area contributed by atoms with Crippen molar-refractivity contribution in [2.45, 2.75) is 37.8 Å². The van der Waals surface area contributed by atoms with Crippen LogP contribution in [0.25, 0.3) is 22.4 Å². The van der Waals surface area contributed by atoms with Crippen LogP contribution in [0.2, 0.25) is 0 Å². The van der Waals surface area contributed by atoms with Crippen LogP contribution in [0.4, 0.5) is 0 Å². The molecule has 29 heavy (non-hydrogen) atoms. The lowest BCUT2D eigenvalue weighted by molar-refractivity contribution is 0.372. The Hall–Kier alpha value is -3.32. The van der Waals surface area contributed by atoms with Crippen molar-refractivity contribution >= 4 is 10.8 Å². The summed E-state index contributed by atoms with van der Waals surface area (Å²) < 4.78 is 7.01. The molecule has 1 aliphatic carbocycles. The molecule has 7 nitrogen and oxygen atoms in total. The molecular formula is C22H21N5O2. The average molecular weight is 387 g/mol. The largest absolute Gasteiger partial charge is 0.332 e. The number of hydrogen-bond acceptors (Lipinski definition) is 6. The molecule has 0 unspecified atom stereocenters. The van der Waals surface area contributed by atoms with Crippen LogP contribution in [-0.2, 0) is 12.1 Å². The minimum absolute atomic E-state index is 0.154. The second-order valence-corrected chi connectivity index (χ2v) is 7.63. The maximum Gasteiger partial charge on any atom is 0.279 e. The standard InChI is InChI=1S/C22H21N5O2/c23-22(12-6-7-13-22)21-24-19(29-26-21)18-16-10-4-5-11-17(16)20(28)27(25-18)14-15-8-2-1-3-9-15/h1-5,8-11H,6-7,12-14,23H2. The molecule has 146 valence electrons. The highest BCUT2D eigenvalue weighted by molar-refractivity contribution is 5.91. The fourth-order valence-corrected chi connectivity index (χ4v) is 4.01. The first-order valence-electron chi connectivity index (χ1n) is 9.81. The van der Waals surface area contributed by atoms with E-state index in [2.05, 4.69) is 15.2 Å². The molecule has 1 saturated carbocycles. The molecule has 0 atom stereocenters. The van der Waals surface area contributed by atoms with Crippen molar-refractivity contribution in [3.63, 3.8) is 0 Å². The van der Waals surface area contributed by atoms with Crippen molar-refractivity contribution in [1.82, 2.24) is 19.9 Å². The zero-order valence-corrected chi connectivity index (χ0v) is 15.9. The fourth-order valence-electron chi connectivity index (χ4n) is 4.01. The maximum absolute atomic E-state index is 13.0. The molecule has 5 rings (SSSR count). The van der Waals surface area contributed by atoms with E-state index < -0.39 is 5.54 Å². The first-order chi connectivity index (χ1) is 14.1. The van der Waals surface area contributed by atoms with E-state index in [-0.39, 0.29) is 11.4 Å². The molecule has 4 aromatic rings. The molecule has 2 heterocycles. The van der Waals surface area contributed by atoms with Gasteiger partial charge in [0.05, 0.1) is 17.5 Å². The molecule has 1 aliphatic rings. The van der Waals surface area contributed by atoms with E-state index >= 15 is 0 Å². The number of rotatable bonds is 4. The second-order valence-electron chi connectivity index (χ2n) is 7.63. The number of nitrogens with two attached hydrogens (primary N) is 1. The zero-order valence-electron chi connectivity index (χ0n) is 15.9. The van der Waals surface area contributed by atoms with Gasteiger partial charge < -0.3 is 10.3 Å². The number of benzene rings is 2. The third-order valence-corrected chi connectivity index (χ3v) is 5.61. The van der Waals surface area contributed by atoms with E-state index in [1.807, 2.05) is 48.5 Å².